The maximum atomic E-state index is 11.2. The van der Waals surface area contributed by atoms with Crippen LogP contribution in [0.4, 0.5) is 0 Å². The molecule has 0 aliphatic heterocycles. The molecule has 0 spiro atoms. The van der Waals surface area contributed by atoms with E-state index in [9.17, 15) is 4.79 Å². The highest BCUT2D eigenvalue weighted by Crippen LogP contribution is 2.36. The molecular weight excluding hydrogens is 467 g/mol. The molecule has 0 bridgehead atoms. The predicted molar refractivity (Wildman–Crippen MR) is 109 cm³/mol. The number of amides is 1. The summed E-state index contributed by atoms with van der Waals surface area (Å²) in [6, 6.07) is 12.7. The molecule has 2 rings (SSSR count). The highest BCUT2D eigenvalue weighted by Gasteiger charge is 2.14. The normalized spacial score (nSPS) is 10.9. The fourth-order valence-electron chi connectivity index (χ4n) is 2.16. The summed E-state index contributed by atoms with van der Waals surface area (Å²) >= 11 is 8.28. The first-order valence-corrected chi connectivity index (χ1v) is 9.16. The van der Waals surface area contributed by atoms with E-state index in [4.69, 9.17) is 32.1 Å². The minimum absolute atomic E-state index is 0.131. The van der Waals surface area contributed by atoms with Crippen LogP contribution in [-0.2, 0) is 11.4 Å². The molecule has 0 unspecified atom stereocenters. The van der Waals surface area contributed by atoms with Crippen molar-refractivity contribution in [2.24, 2.45) is 5.73 Å². The van der Waals surface area contributed by atoms with E-state index in [0.29, 0.717) is 28.7 Å². The smallest absolute Gasteiger partial charge is 0.259 e. The number of primary amides is 1. The van der Waals surface area contributed by atoms with Gasteiger partial charge in [0.1, 0.15) is 18.2 Å². The standard InChI is InChI=1S/C19H16ClIN2O3/c1-2-25-17-9-12(7-14(10-22)19(23)24)8-16(21)18(17)26-11-13-5-3-4-6-15(13)20/h3-9H,2,11H2,1H3,(H2,23,24)/b14-7-. The monoisotopic (exact) mass is 482 g/mol. The van der Waals surface area contributed by atoms with Crippen molar-refractivity contribution in [2.45, 2.75) is 13.5 Å². The van der Waals surface area contributed by atoms with Gasteiger partial charge in [-0.05, 0) is 59.4 Å². The Morgan fingerprint density at radius 1 is 1.35 bits per heavy atom. The van der Waals surface area contributed by atoms with Crippen molar-refractivity contribution in [3.63, 3.8) is 0 Å². The second-order valence-electron chi connectivity index (χ2n) is 5.18. The van der Waals surface area contributed by atoms with Gasteiger partial charge in [-0.15, -0.1) is 0 Å². The van der Waals surface area contributed by atoms with E-state index in [-0.39, 0.29) is 12.2 Å². The van der Waals surface area contributed by atoms with Gasteiger partial charge in [0.2, 0.25) is 0 Å². The second kappa shape index (κ2) is 9.46. The van der Waals surface area contributed by atoms with Crippen LogP contribution >= 0.6 is 34.2 Å². The number of hydrogen-bond donors (Lipinski definition) is 1. The van der Waals surface area contributed by atoms with Gasteiger partial charge in [0.25, 0.3) is 5.91 Å². The predicted octanol–water partition coefficient (Wildman–Crippen LogP) is 4.31. The lowest BCUT2D eigenvalue weighted by atomic mass is 10.1. The molecule has 0 fully saturated rings. The van der Waals surface area contributed by atoms with Crippen LogP contribution in [0.2, 0.25) is 5.02 Å². The lowest BCUT2D eigenvalue weighted by Crippen LogP contribution is -2.12. The first-order valence-electron chi connectivity index (χ1n) is 7.70. The van der Waals surface area contributed by atoms with Crippen molar-refractivity contribution in [2.75, 3.05) is 6.61 Å². The zero-order chi connectivity index (χ0) is 19.1. The number of nitrogens with two attached hydrogens (primary N) is 1. The van der Waals surface area contributed by atoms with Crippen LogP contribution < -0.4 is 15.2 Å². The Morgan fingerprint density at radius 2 is 2.08 bits per heavy atom. The highest BCUT2D eigenvalue weighted by molar-refractivity contribution is 14.1. The molecule has 0 aromatic heterocycles. The van der Waals surface area contributed by atoms with Crippen LogP contribution in [0, 0.1) is 14.9 Å². The average molecular weight is 483 g/mol. The van der Waals surface area contributed by atoms with Crippen LogP contribution in [0.1, 0.15) is 18.1 Å². The molecule has 0 saturated heterocycles. The SMILES string of the molecule is CCOc1cc(/C=C(/C#N)C(N)=O)cc(I)c1OCc1ccccc1Cl. The van der Waals surface area contributed by atoms with Crippen molar-refractivity contribution < 1.29 is 14.3 Å². The topological polar surface area (TPSA) is 85.3 Å². The van der Waals surface area contributed by atoms with Gasteiger partial charge in [0.15, 0.2) is 11.5 Å². The summed E-state index contributed by atoms with van der Waals surface area (Å²) in [6.45, 7) is 2.58. The van der Waals surface area contributed by atoms with Crippen LogP contribution in [-0.4, -0.2) is 12.5 Å². The molecule has 0 atom stereocenters. The molecule has 0 heterocycles. The fourth-order valence-corrected chi connectivity index (χ4v) is 3.14. The quantitative estimate of drug-likeness (QED) is 0.362. The van der Waals surface area contributed by atoms with Gasteiger partial charge in [0, 0.05) is 10.6 Å². The van der Waals surface area contributed by atoms with E-state index < -0.39 is 5.91 Å². The Morgan fingerprint density at radius 3 is 2.69 bits per heavy atom. The highest BCUT2D eigenvalue weighted by atomic mass is 127. The lowest BCUT2D eigenvalue weighted by molar-refractivity contribution is -0.114. The van der Waals surface area contributed by atoms with Gasteiger partial charge in [-0.25, -0.2) is 0 Å². The van der Waals surface area contributed by atoms with Gasteiger partial charge in [0.05, 0.1) is 10.2 Å². The maximum absolute atomic E-state index is 11.2. The molecule has 0 radical (unpaired) electrons. The summed E-state index contributed by atoms with van der Waals surface area (Å²) in [6.07, 6.45) is 1.42. The number of rotatable bonds is 7. The Hall–Kier alpha value is -2.24. The molecule has 1 amide bonds. The Balaban J connectivity index is 2.36. The first kappa shape index (κ1) is 20.1. The van der Waals surface area contributed by atoms with E-state index in [1.54, 1.807) is 24.3 Å². The van der Waals surface area contributed by atoms with Crippen LogP contribution in [0.5, 0.6) is 11.5 Å². The third kappa shape index (κ3) is 5.13. The van der Waals surface area contributed by atoms with Crippen molar-refractivity contribution in [3.8, 4) is 17.6 Å². The number of halogens is 2. The number of carbonyl (C=O) groups excluding carboxylic acids is 1. The molecule has 5 nitrogen and oxygen atoms in total. The zero-order valence-corrected chi connectivity index (χ0v) is 16.9. The molecule has 2 aromatic carbocycles. The number of carbonyl (C=O) groups is 1. The second-order valence-corrected chi connectivity index (χ2v) is 6.75. The summed E-state index contributed by atoms with van der Waals surface area (Å²) in [5, 5.41) is 9.63. The largest absolute Gasteiger partial charge is 0.490 e. The number of nitrogens with zero attached hydrogens (tertiary/aromatic N) is 1. The molecule has 2 N–H and O–H groups in total. The average Bonchev–Trinajstić information content (AvgIpc) is 2.60. The van der Waals surface area contributed by atoms with Crippen molar-refractivity contribution in [1.82, 2.24) is 0 Å². The van der Waals surface area contributed by atoms with E-state index in [1.807, 2.05) is 25.1 Å². The van der Waals surface area contributed by atoms with Crippen molar-refractivity contribution >= 4 is 46.2 Å². The molecule has 0 aliphatic rings. The molecule has 0 aliphatic carbocycles. The van der Waals surface area contributed by atoms with Gasteiger partial charge in [-0.2, -0.15) is 5.26 Å². The summed E-state index contributed by atoms with van der Waals surface area (Å²) in [5.41, 5.74) is 6.54. The van der Waals surface area contributed by atoms with E-state index in [2.05, 4.69) is 22.6 Å². The van der Waals surface area contributed by atoms with Crippen LogP contribution in [0.25, 0.3) is 6.08 Å². The molecular formula is C19H16ClIN2O3. The Bertz CT molecular complexity index is 891. The van der Waals surface area contributed by atoms with Gasteiger partial charge in [-0.1, -0.05) is 29.8 Å². The number of ether oxygens (including phenoxy) is 2. The van der Waals surface area contributed by atoms with Gasteiger partial charge >= 0.3 is 0 Å². The van der Waals surface area contributed by atoms with E-state index in [1.165, 1.54) is 6.08 Å². The fraction of sp³-hybridized carbons (Fsp3) is 0.158. The number of hydrogen-bond acceptors (Lipinski definition) is 4. The molecule has 26 heavy (non-hydrogen) atoms. The van der Waals surface area contributed by atoms with Gasteiger partial charge < -0.3 is 15.2 Å². The maximum Gasteiger partial charge on any atom is 0.259 e. The molecule has 134 valence electrons. The first-order chi connectivity index (χ1) is 12.5. The minimum Gasteiger partial charge on any atom is -0.490 e. The van der Waals surface area contributed by atoms with Gasteiger partial charge in [-0.3, -0.25) is 4.79 Å². The van der Waals surface area contributed by atoms with Crippen LogP contribution in [0.3, 0.4) is 0 Å². The Kier molecular flexibility index (Phi) is 7.30. The molecule has 0 saturated carbocycles. The molecule has 2 aromatic rings. The van der Waals surface area contributed by atoms with E-state index >= 15 is 0 Å². The summed E-state index contributed by atoms with van der Waals surface area (Å²) < 4.78 is 12.4. The molecule has 7 heteroatoms. The van der Waals surface area contributed by atoms with Crippen molar-refractivity contribution in [1.29, 1.82) is 5.26 Å². The number of nitriles is 1. The lowest BCUT2D eigenvalue weighted by Gasteiger charge is -2.15. The zero-order valence-electron chi connectivity index (χ0n) is 14.0. The van der Waals surface area contributed by atoms with Crippen molar-refractivity contribution in [3.05, 3.63) is 61.7 Å². The Labute approximate surface area is 170 Å². The third-order valence-corrected chi connectivity index (χ3v) is 4.53. The van der Waals surface area contributed by atoms with E-state index in [0.717, 1.165) is 9.13 Å². The number of benzene rings is 2. The van der Waals surface area contributed by atoms with Crippen LogP contribution in [0.15, 0.2) is 42.0 Å². The summed E-state index contributed by atoms with van der Waals surface area (Å²) in [7, 11) is 0. The minimum atomic E-state index is -0.778. The third-order valence-electron chi connectivity index (χ3n) is 3.36. The summed E-state index contributed by atoms with van der Waals surface area (Å²) in [4.78, 5) is 11.2. The summed E-state index contributed by atoms with van der Waals surface area (Å²) in [5.74, 6) is 0.307.